The van der Waals surface area contributed by atoms with Crippen LogP contribution in [0.25, 0.3) is 10.9 Å². The van der Waals surface area contributed by atoms with Gasteiger partial charge in [0.05, 0.1) is 29.0 Å². The first-order chi connectivity index (χ1) is 9.35. The number of rotatable bonds is 2. The molecule has 0 amide bonds. The van der Waals surface area contributed by atoms with Crippen molar-refractivity contribution in [3.63, 3.8) is 0 Å². The summed E-state index contributed by atoms with van der Waals surface area (Å²) >= 11 is 0. The Bertz CT molecular complexity index is 774. The van der Waals surface area contributed by atoms with Crippen molar-refractivity contribution in [2.75, 3.05) is 5.32 Å². The smallest absolute Gasteiger partial charge is 0.131 e. The van der Waals surface area contributed by atoms with Gasteiger partial charge in [0.15, 0.2) is 0 Å². The Morgan fingerprint density at radius 2 is 1.95 bits per heavy atom. The Morgan fingerprint density at radius 1 is 1.05 bits per heavy atom. The summed E-state index contributed by atoms with van der Waals surface area (Å²) in [5.74, 6) is 0.635. The summed E-state index contributed by atoms with van der Waals surface area (Å²) in [7, 11) is 0. The van der Waals surface area contributed by atoms with Gasteiger partial charge in [0.25, 0.3) is 0 Å². The lowest BCUT2D eigenvalue weighted by Gasteiger charge is -2.06. The number of anilines is 2. The van der Waals surface area contributed by atoms with Gasteiger partial charge in [0.2, 0.25) is 0 Å². The molecule has 0 aliphatic rings. The van der Waals surface area contributed by atoms with Gasteiger partial charge >= 0.3 is 0 Å². The van der Waals surface area contributed by atoms with Gasteiger partial charge in [0, 0.05) is 11.6 Å². The SMILES string of the molecule is N#Cc1ccnc(Nc2cnc3ccccc3c2)c1. The predicted molar refractivity (Wildman–Crippen MR) is 74.0 cm³/mol. The number of nitriles is 1. The Balaban J connectivity index is 1.94. The number of hydrogen-bond acceptors (Lipinski definition) is 4. The van der Waals surface area contributed by atoms with E-state index in [0.717, 1.165) is 16.6 Å². The molecule has 0 saturated carbocycles. The van der Waals surface area contributed by atoms with Gasteiger partial charge in [-0.05, 0) is 24.3 Å². The molecule has 2 aromatic heterocycles. The number of pyridine rings is 2. The lowest BCUT2D eigenvalue weighted by Crippen LogP contribution is -1.94. The first-order valence-corrected chi connectivity index (χ1v) is 5.83. The topological polar surface area (TPSA) is 61.6 Å². The fraction of sp³-hybridized carbons (Fsp3) is 0. The number of nitrogens with zero attached hydrogens (tertiary/aromatic N) is 3. The van der Waals surface area contributed by atoms with Crippen LogP contribution in [0, 0.1) is 11.3 Å². The monoisotopic (exact) mass is 246 g/mol. The summed E-state index contributed by atoms with van der Waals surface area (Å²) in [5.41, 5.74) is 2.37. The van der Waals surface area contributed by atoms with Crippen molar-refractivity contribution in [1.82, 2.24) is 9.97 Å². The van der Waals surface area contributed by atoms with Gasteiger partial charge in [0.1, 0.15) is 5.82 Å². The van der Waals surface area contributed by atoms with Crippen LogP contribution in [0.4, 0.5) is 11.5 Å². The predicted octanol–water partition coefficient (Wildman–Crippen LogP) is 3.25. The zero-order valence-electron chi connectivity index (χ0n) is 10.0. The van der Waals surface area contributed by atoms with Crippen molar-refractivity contribution in [1.29, 1.82) is 5.26 Å². The van der Waals surface area contributed by atoms with Crippen LogP contribution < -0.4 is 5.32 Å². The average Bonchev–Trinajstić information content (AvgIpc) is 2.47. The third kappa shape index (κ3) is 2.35. The highest BCUT2D eigenvalue weighted by atomic mass is 15.0. The molecule has 90 valence electrons. The Labute approximate surface area is 110 Å². The molecule has 0 unspecified atom stereocenters. The van der Waals surface area contributed by atoms with Crippen LogP contribution in [0.3, 0.4) is 0 Å². The summed E-state index contributed by atoms with van der Waals surface area (Å²) in [6.45, 7) is 0. The molecule has 3 rings (SSSR count). The first kappa shape index (κ1) is 11.2. The molecule has 0 saturated heterocycles. The van der Waals surface area contributed by atoms with Gasteiger partial charge in [-0.2, -0.15) is 5.26 Å². The molecule has 2 heterocycles. The molecule has 4 heteroatoms. The minimum Gasteiger partial charge on any atom is -0.339 e. The number of para-hydroxylation sites is 1. The molecule has 0 spiro atoms. The molecule has 19 heavy (non-hydrogen) atoms. The largest absolute Gasteiger partial charge is 0.339 e. The third-order valence-corrected chi connectivity index (χ3v) is 2.75. The second-order valence-electron chi connectivity index (χ2n) is 4.08. The van der Waals surface area contributed by atoms with Crippen LogP contribution in [-0.4, -0.2) is 9.97 Å². The van der Waals surface area contributed by atoms with E-state index in [2.05, 4.69) is 21.4 Å². The molecular formula is C15H10N4. The van der Waals surface area contributed by atoms with Crippen LogP contribution >= 0.6 is 0 Å². The van der Waals surface area contributed by atoms with E-state index in [1.165, 1.54) is 0 Å². The van der Waals surface area contributed by atoms with E-state index in [-0.39, 0.29) is 0 Å². The summed E-state index contributed by atoms with van der Waals surface area (Å²) in [5, 5.41) is 13.1. The maximum absolute atomic E-state index is 8.85. The fourth-order valence-corrected chi connectivity index (χ4v) is 1.86. The summed E-state index contributed by atoms with van der Waals surface area (Å²) in [6.07, 6.45) is 3.36. The third-order valence-electron chi connectivity index (χ3n) is 2.75. The highest BCUT2D eigenvalue weighted by molar-refractivity contribution is 5.82. The zero-order chi connectivity index (χ0) is 13.1. The molecule has 1 N–H and O–H groups in total. The van der Waals surface area contributed by atoms with E-state index in [9.17, 15) is 0 Å². The molecule has 0 fully saturated rings. The molecule has 0 aliphatic heterocycles. The van der Waals surface area contributed by atoms with Crippen molar-refractivity contribution in [3.8, 4) is 6.07 Å². The van der Waals surface area contributed by atoms with Crippen LogP contribution in [0.1, 0.15) is 5.56 Å². The molecule has 1 aromatic carbocycles. The van der Waals surface area contributed by atoms with Crippen molar-refractivity contribution in [2.24, 2.45) is 0 Å². The summed E-state index contributed by atoms with van der Waals surface area (Å²) in [4.78, 5) is 8.54. The van der Waals surface area contributed by atoms with Crippen LogP contribution in [0.15, 0.2) is 54.9 Å². The average molecular weight is 246 g/mol. The molecule has 0 atom stereocenters. The molecule has 0 bridgehead atoms. The second-order valence-corrected chi connectivity index (χ2v) is 4.08. The second kappa shape index (κ2) is 4.75. The van der Waals surface area contributed by atoms with Crippen molar-refractivity contribution < 1.29 is 0 Å². The maximum Gasteiger partial charge on any atom is 0.131 e. The minimum atomic E-state index is 0.575. The lowest BCUT2D eigenvalue weighted by molar-refractivity contribution is 1.28. The fourth-order valence-electron chi connectivity index (χ4n) is 1.86. The molecule has 4 nitrogen and oxygen atoms in total. The minimum absolute atomic E-state index is 0.575. The van der Waals surface area contributed by atoms with Crippen LogP contribution in [0.2, 0.25) is 0 Å². The zero-order valence-corrected chi connectivity index (χ0v) is 10.0. The van der Waals surface area contributed by atoms with E-state index in [1.54, 1.807) is 24.5 Å². The lowest BCUT2D eigenvalue weighted by atomic mass is 10.2. The van der Waals surface area contributed by atoms with Crippen LogP contribution in [0.5, 0.6) is 0 Å². The highest BCUT2D eigenvalue weighted by Gasteiger charge is 2.00. The van der Waals surface area contributed by atoms with Gasteiger partial charge in [-0.1, -0.05) is 18.2 Å². The number of benzene rings is 1. The maximum atomic E-state index is 8.85. The molecule has 0 radical (unpaired) electrons. The Kier molecular flexibility index (Phi) is 2.79. The van der Waals surface area contributed by atoms with Gasteiger partial charge < -0.3 is 5.32 Å². The number of nitrogens with one attached hydrogen (secondary N) is 1. The quantitative estimate of drug-likeness (QED) is 0.754. The number of fused-ring (bicyclic) bond motifs is 1. The Morgan fingerprint density at radius 3 is 2.84 bits per heavy atom. The van der Waals surface area contributed by atoms with Crippen molar-refractivity contribution >= 4 is 22.4 Å². The van der Waals surface area contributed by atoms with Gasteiger partial charge in [-0.15, -0.1) is 0 Å². The van der Waals surface area contributed by atoms with Crippen molar-refractivity contribution in [2.45, 2.75) is 0 Å². The first-order valence-electron chi connectivity index (χ1n) is 5.83. The number of hydrogen-bond donors (Lipinski definition) is 1. The standard InChI is InChI=1S/C15H10N4/c16-9-11-5-6-17-15(7-11)19-13-8-12-3-1-2-4-14(12)18-10-13/h1-8,10H,(H,17,19). The van der Waals surface area contributed by atoms with E-state index >= 15 is 0 Å². The molecule has 0 aliphatic carbocycles. The van der Waals surface area contributed by atoms with E-state index < -0.39 is 0 Å². The Hall–Kier alpha value is -2.93. The molecular weight excluding hydrogens is 236 g/mol. The van der Waals surface area contributed by atoms with Gasteiger partial charge in [-0.3, -0.25) is 4.98 Å². The highest BCUT2D eigenvalue weighted by Crippen LogP contribution is 2.19. The van der Waals surface area contributed by atoms with Crippen LogP contribution in [-0.2, 0) is 0 Å². The molecule has 3 aromatic rings. The summed E-state index contributed by atoms with van der Waals surface area (Å²) in [6, 6.07) is 15.4. The van der Waals surface area contributed by atoms with Gasteiger partial charge in [-0.25, -0.2) is 4.98 Å². The van der Waals surface area contributed by atoms with E-state index in [1.807, 2.05) is 30.3 Å². The number of aromatic nitrogens is 2. The summed E-state index contributed by atoms with van der Waals surface area (Å²) < 4.78 is 0. The normalized spacial score (nSPS) is 10.1. The van der Waals surface area contributed by atoms with E-state index in [0.29, 0.717) is 11.4 Å². The van der Waals surface area contributed by atoms with E-state index in [4.69, 9.17) is 5.26 Å². The van der Waals surface area contributed by atoms with Crippen molar-refractivity contribution in [3.05, 3.63) is 60.4 Å².